The SMILES string of the molecule is O=P(O)(O)CCCNCc1ccc(-c2ccc(CCCc3ccccc3)cc2)c(-c2cccc(Cl)c2)n1. The fraction of sp³-hybridized carbons (Fsp3) is 0.233. The molecule has 0 bridgehead atoms. The molecule has 0 amide bonds. The van der Waals surface area contributed by atoms with Crippen molar-refractivity contribution in [3.63, 3.8) is 0 Å². The summed E-state index contributed by atoms with van der Waals surface area (Å²) in [4.78, 5) is 23.0. The Morgan fingerprint density at radius 1 is 0.784 bits per heavy atom. The van der Waals surface area contributed by atoms with Gasteiger partial charge in [0.15, 0.2) is 0 Å². The molecule has 7 heteroatoms. The predicted molar refractivity (Wildman–Crippen MR) is 152 cm³/mol. The summed E-state index contributed by atoms with van der Waals surface area (Å²) in [5.74, 6) is 0. The minimum absolute atomic E-state index is 0.123. The Hall–Kier alpha value is -2.79. The van der Waals surface area contributed by atoms with Crippen LogP contribution in [0.3, 0.4) is 0 Å². The number of benzene rings is 3. The highest BCUT2D eigenvalue weighted by Crippen LogP contribution is 2.35. The van der Waals surface area contributed by atoms with Gasteiger partial charge in [0.1, 0.15) is 0 Å². The highest BCUT2D eigenvalue weighted by atomic mass is 35.5. The van der Waals surface area contributed by atoms with Gasteiger partial charge < -0.3 is 15.1 Å². The van der Waals surface area contributed by atoms with Crippen LogP contribution in [0.25, 0.3) is 22.4 Å². The van der Waals surface area contributed by atoms with Gasteiger partial charge in [0.25, 0.3) is 0 Å². The molecule has 0 fully saturated rings. The Bertz CT molecular complexity index is 1340. The lowest BCUT2D eigenvalue weighted by molar-refractivity contribution is 0.371. The molecule has 192 valence electrons. The second kappa shape index (κ2) is 13.1. The topological polar surface area (TPSA) is 82.5 Å². The van der Waals surface area contributed by atoms with Gasteiger partial charge in [-0.3, -0.25) is 9.55 Å². The molecule has 1 aromatic heterocycles. The van der Waals surface area contributed by atoms with Crippen LogP contribution in [-0.2, 0) is 24.0 Å². The van der Waals surface area contributed by atoms with Crippen molar-refractivity contribution in [3.05, 3.63) is 113 Å². The summed E-state index contributed by atoms with van der Waals surface area (Å²) in [6.07, 6.45) is 3.49. The molecule has 0 spiro atoms. The number of hydrogen-bond acceptors (Lipinski definition) is 3. The zero-order chi connectivity index (χ0) is 26.1. The van der Waals surface area contributed by atoms with Gasteiger partial charge >= 0.3 is 7.60 Å². The molecule has 0 saturated carbocycles. The Morgan fingerprint density at radius 3 is 2.22 bits per heavy atom. The number of nitrogens with one attached hydrogen (secondary N) is 1. The maximum atomic E-state index is 11.0. The smallest absolute Gasteiger partial charge is 0.324 e. The number of nitrogens with zero attached hydrogens (tertiary/aromatic N) is 1. The summed E-state index contributed by atoms with van der Waals surface area (Å²) < 4.78 is 11.0. The monoisotopic (exact) mass is 534 g/mol. The van der Waals surface area contributed by atoms with Crippen molar-refractivity contribution in [1.29, 1.82) is 0 Å². The molecule has 0 atom stereocenters. The Morgan fingerprint density at radius 2 is 1.51 bits per heavy atom. The Balaban J connectivity index is 1.47. The summed E-state index contributed by atoms with van der Waals surface area (Å²) in [7, 11) is -3.96. The van der Waals surface area contributed by atoms with Crippen LogP contribution in [0, 0.1) is 0 Å². The van der Waals surface area contributed by atoms with E-state index in [-0.39, 0.29) is 6.16 Å². The van der Waals surface area contributed by atoms with Crippen molar-refractivity contribution in [1.82, 2.24) is 10.3 Å². The van der Waals surface area contributed by atoms with E-state index in [1.165, 1.54) is 11.1 Å². The number of aryl methyl sites for hydroxylation is 2. The first-order valence-corrected chi connectivity index (χ1v) is 14.7. The molecule has 1 heterocycles. The average molecular weight is 535 g/mol. The summed E-state index contributed by atoms with van der Waals surface area (Å²) in [6, 6.07) is 31.0. The third-order valence-corrected chi connectivity index (χ3v) is 7.33. The lowest BCUT2D eigenvalue weighted by atomic mass is 9.96. The Kier molecular flexibility index (Phi) is 9.68. The quantitative estimate of drug-likeness (QED) is 0.136. The number of halogens is 1. The number of pyridine rings is 1. The second-order valence-electron chi connectivity index (χ2n) is 9.16. The van der Waals surface area contributed by atoms with Gasteiger partial charge in [-0.05, 0) is 67.1 Å². The first kappa shape index (κ1) is 27.3. The molecular formula is C30H32ClN2O3P. The number of aromatic nitrogens is 1. The van der Waals surface area contributed by atoms with Crippen molar-refractivity contribution in [2.45, 2.75) is 32.2 Å². The van der Waals surface area contributed by atoms with Crippen molar-refractivity contribution in [2.24, 2.45) is 0 Å². The van der Waals surface area contributed by atoms with E-state index in [0.717, 1.165) is 47.3 Å². The maximum Gasteiger partial charge on any atom is 0.325 e. The normalized spacial score (nSPS) is 11.5. The van der Waals surface area contributed by atoms with E-state index in [2.05, 4.69) is 59.9 Å². The molecule has 0 aliphatic rings. The fourth-order valence-corrected chi connectivity index (χ4v) is 5.07. The average Bonchev–Trinajstić information content (AvgIpc) is 2.89. The fourth-order valence-electron chi connectivity index (χ4n) is 4.31. The molecule has 3 N–H and O–H groups in total. The zero-order valence-electron chi connectivity index (χ0n) is 20.7. The van der Waals surface area contributed by atoms with Gasteiger partial charge in [-0.15, -0.1) is 0 Å². The van der Waals surface area contributed by atoms with Crippen LogP contribution in [0.1, 0.15) is 29.7 Å². The van der Waals surface area contributed by atoms with Gasteiger partial charge in [-0.1, -0.05) is 84.4 Å². The minimum Gasteiger partial charge on any atom is -0.324 e. The summed E-state index contributed by atoms with van der Waals surface area (Å²) in [5.41, 5.74) is 7.46. The van der Waals surface area contributed by atoms with E-state index in [4.69, 9.17) is 26.4 Å². The summed E-state index contributed by atoms with van der Waals surface area (Å²) in [5, 5.41) is 3.88. The van der Waals surface area contributed by atoms with Gasteiger partial charge in [-0.2, -0.15) is 0 Å². The van der Waals surface area contributed by atoms with Crippen LogP contribution in [0.2, 0.25) is 5.02 Å². The van der Waals surface area contributed by atoms with Gasteiger partial charge in [0, 0.05) is 22.7 Å². The van der Waals surface area contributed by atoms with Crippen molar-refractivity contribution >= 4 is 19.2 Å². The van der Waals surface area contributed by atoms with E-state index in [0.29, 0.717) is 24.5 Å². The number of hydrogen-bond donors (Lipinski definition) is 3. The van der Waals surface area contributed by atoms with Crippen LogP contribution in [0.5, 0.6) is 0 Å². The van der Waals surface area contributed by atoms with E-state index < -0.39 is 7.60 Å². The summed E-state index contributed by atoms with van der Waals surface area (Å²) in [6.45, 7) is 1.02. The van der Waals surface area contributed by atoms with E-state index in [1.807, 2.05) is 36.4 Å². The molecule has 3 aromatic carbocycles. The van der Waals surface area contributed by atoms with E-state index in [9.17, 15) is 4.57 Å². The third-order valence-electron chi connectivity index (χ3n) is 6.20. The molecule has 4 rings (SSSR count). The molecule has 0 aliphatic heterocycles. The van der Waals surface area contributed by atoms with Crippen molar-refractivity contribution in [3.8, 4) is 22.4 Å². The van der Waals surface area contributed by atoms with Crippen LogP contribution in [-0.4, -0.2) is 27.5 Å². The van der Waals surface area contributed by atoms with Crippen LogP contribution in [0.15, 0.2) is 91.0 Å². The predicted octanol–water partition coefficient (Wildman–Crippen LogP) is 6.90. The lowest BCUT2D eigenvalue weighted by Crippen LogP contribution is -2.16. The van der Waals surface area contributed by atoms with Gasteiger partial charge in [0.2, 0.25) is 0 Å². The standard InChI is InChI=1S/C30H32ClN2O3P/c31-27-12-5-11-26(21-27)30-29(18-17-28(33-30)22-32-19-6-20-37(34,35)36)25-15-13-24(14-16-25)10-4-9-23-7-2-1-3-8-23/h1-3,5,7-8,11-18,21,32H,4,6,9-10,19-20,22H2,(H2,34,35,36). The molecule has 0 radical (unpaired) electrons. The minimum atomic E-state index is -3.96. The largest absolute Gasteiger partial charge is 0.325 e. The van der Waals surface area contributed by atoms with Crippen LogP contribution in [0.4, 0.5) is 0 Å². The summed E-state index contributed by atoms with van der Waals surface area (Å²) >= 11 is 6.30. The third kappa shape index (κ3) is 8.63. The lowest BCUT2D eigenvalue weighted by Gasteiger charge is -2.13. The molecule has 0 aliphatic carbocycles. The van der Waals surface area contributed by atoms with Crippen LogP contribution < -0.4 is 5.32 Å². The second-order valence-corrected chi connectivity index (χ2v) is 11.4. The molecule has 0 unspecified atom stereocenters. The zero-order valence-corrected chi connectivity index (χ0v) is 22.3. The van der Waals surface area contributed by atoms with E-state index in [1.54, 1.807) is 0 Å². The molecule has 37 heavy (non-hydrogen) atoms. The van der Waals surface area contributed by atoms with E-state index >= 15 is 0 Å². The van der Waals surface area contributed by atoms with Gasteiger partial charge in [0.05, 0.1) is 17.5 Å². The first-order valence-electron chi connectivity index (χ1n) is 12.5. The molecule has 4 aromatic rings. The number of rotatable bonds is 12. The van der Waals surface area contributed by atoms with Crippen molar-refractivity contribution in [2.75, 3.05) is 12.7 Å². The first-order chi connectivity index (χ1) is 17.9. The highest BCUT2D eigenvalue weighted by molar-refractivity contribution is 7.51. The molecular weight excluding hydrogens is 503 g/mol. The van der Waals surface area contributed by atoms with Crippen molar-refractivity contribution < 1.29 is 14.4 Å². The molecule has 5 nitrogen and oxygen atoms in total. The Labute approximate surface area is 223 Å². The maximum absolute atomic E-state index is 11.0. The molecule has 0 saturated heterocycles. The highest BCUT2D eigenvalue weighted by Gasteiger charge is 2.13. The van der Waals surface area contributed by atoms with Gasteiger partial charge in [-0.25, -0.2) is 0 Å². The van der Waals surface area contributed by atoms with Crippen LogP contribution >= 0.6 is 19.2 Å².